The zero-order valence-corrected chi connectivity index (χ0v) is 14.8. The molecule has 116 valence electrons. The van der Waals surface area contributed by atoms with Crippen molar-refractivity contribution in [1.82, 2.24) is 9.97 Å². The van der Waals surface area contributed by atoms with E-state index in [-0.39, 0.29) is 5.91 Å². The fraction of sp³-hybridized carbons (Fsp3) is 0.118. The molecule has 0 aliphatic carbocycles. The van der Waals surface area contributed by atoms with E-state index in [9.17, 15) is 4.79 Å². The number of hydrogen-bond donors (Lipinski definition) is 1. The lowest BCUT2D eigenvalue weighted by Crippen LogP contribution is -2.15. The lowest BCUT2D eigenvalue weighted by Gasteiger charge is -2.09. The summed E-state index contributed by atoms with van der Waals surface area (Å²) in [7, 11) is 0. The molecule has 3 rings (SSSR count). The Labute approximate surface area is 146 Å². The summed E-state index contributed by atoms with van der Waals surface area (Å²) in [6.07, 6.45) is 1.53. The van der Waals surface area contributed by atoms with Gasteiger partial charge in [0.15, 0.2) is 0 Å². The minimum atomic E-state index is -0.0527. The predicted octanol–water partition coefficient (Wildman–Crippen LogP) is 4.43. The van der Waals surface area contributed by atoms with Crippen LogP contribution in [0.3, 0.4) is 0 Å². The first kappa shape index (κ1) is 16.0. The van der Waals surface area contributed by atoms with Gasteiger partial charge >= 0.3 is 0 Å². The standard InChI is InChI=1S/C17H14BrN3OS/c1-11-8-12(18)6-7-14(11)21-16(22)9-23-17-13-4-2-3-5-15(13)19-10-20-17/h2-8,10H,9H2,1H3,(H,21,22). The Balaban J connectivity index is 1.69. The second kappa shape index (κ2) is 7.10. The molecule has 0 saturated heterocycles. The zero-order valence-electron chi connectivity index (χ0n) is 12.4. The molecule has 4 nitrogen and oxygen atoms in total. The molecule has 0 spiro atoms. The number of fused-ring (bicyclic) bond motifs is 1. The van der Waals surface area contributed by atoms with E-state index in [4.69, 9.17) is 0 Å². The second-order valence-electron chi connectivity index (χ2n) is 4.99. The van der Waals surface area contributed by atoms with E-state index in [1.807, 2.05) is 49.4 Å². The summed E-state index contributed by atoms with van der Waals surface area (Å²) >= 11 is 4.83. The van der Waals surface area contributed by atoms with Gasteiger partial charge in [0.2, 0.25) is 5.91 Å². The van der Waals surface area contributed by atoms with E-state index in [1.54, 1.807) is 0 Å². The van der Waals surface area contributed by atoms with Crippen LogP contribution in [0.15, 0.2) is 58.3 Å². The van der Waals surface area contributed by atoms with Gasteiger partial charge in [-0.3, -0.25) is 4.79 Å². The van der Waals surface area contributed by atoms with Crippen LogP contribution in [0.25, 0.3) is 10.9 Å². The molecule has 0 radical (unpaired) electrons. The van der Waals surface area contributed by atoms with Crippen molar-refractivity contribution in [1.29, 1.82) is 0 Å². The van der Waals surface area contributed by atoms with Crippen molar-refractivity contribution in [2.24, 2.45) is 0 Å². The molecule has 23 heavy (non-hydrogen) atoms. The van der Waals surface area contributed by atoms with E-state index in [1.165, 1.54) is 18.1 Å². The number of nitrogens with zero attached hydrogens (tertiary/aromatic N) is 2. The van der Waals surface area contributed by atoms with Gasteiger partial charge in [-0.05, 0) is 36.8 Å². The highest BCUT2D eigenvalue weighted by Gasteiger charge is 2.09. The molecule has 0 bridgehead atoms. The SMILES string of the molecule is Cc1cc(Br)ccc1NC(=O)CSc1ncnc2ccccc12. The molecule has 1 aromatic heterocycles. The van der Waals surface area contributed by atoms with Crippen LogP contribution in [-0.4, -0.2) is 21.6 Å². The van der Waals surface area contributed by atoms with Gasteiger partial charge in [-0.15, -0.1) is 0 Å². The minimum absolute atomic E-state index is 0.0527. The third-order valence-corrected chi connectivity index (χ3v) is 4.81. The highest BCUT2D eigenvalue weighted by Crippen LogP contribution is 2.25. The Hall–Kier alpha value is -1.92. The van der Waals surface area contributed by atoms with E-state index >= 15 is 0 Å². The summed E-state index contributed by atoms with van der Waals surface area (Å²) < 4.78 is 0.995. The number of aryl methyl sites for hydroxylation is 1. The Kier molecular flexibility index (Phi) is 4.93. The van der Waals surface area contributed by atoms with Crippen LogP contribution >= 0.6 is 27.7 Å². The number of carbonyl (C=O) groups is 1. The van der Waals surface area contributed by atoms with E-state index in [0.29, 0.717) is 5.75 Å². The predicted molar refractivity (Wildman–Crippen MR) is 97.8 cm³/mol. The summed E-state index contributed by atoms with van der Waals surface area (Å²) in [5.41, 5.74) is 2.73. The largest absolute Gasteiger partial charge is 0.325 e. The Bertz CT molecular complexity index is 864. The number of para-hydroxylation sites is 1. The van der Waals surface area contributed by atoms with E-state index in [2.05, 4.69) is 31.2 Å². The summed E-state index contributed by atoms with van der Waals surface area (Å²) in [5, 5.41) is 4.71. The highest BCUT2D eigenvalue weighted by atomic mass is 79.9. The van der Waals surface area contributed by atoms with Crippen LogP contribution in [-0.2, 0) is 4.79 Å². The Morgan fingerprint density at radius 3 is 2.87 bits per heavy atom. The molecule has 0 aliphatic heterocycles. The van der Waals surface area contributed by atoms with Crippen LogP contribution in [0, 0.1) is 6.92 Å². The van der Waals surface area contributed by atoms with E-state index in [0.717, 1.165) is 31.7 Å². The maximum absolute atomic E-state index is 12.2. The monoisotopic (exact) mass is 387 g/mol. The fourth-order valence-corrected chi connectivity index (χ4v) is 3.45. The lowest BCUT2D eigenvalue weighted by molar-refractivity contribution is -0.113. The van der Waals surface area contributed by atoms with Crippen molar-refractivity contribution in [3.63, 3.8) is 0 Å². The summed E-state index contributed by atoms with van der Waals surface area (Å²) in [6.45, 7) is 1.96. The number of thioether (sulfide) groups is 1. The van der Waals surface area contributed by atoms with Gasteiger partial charge in [-0.1, -0.05) is 45.9 Å². The number of anilines is 1. The van der Waals surface area contributed by atoms with Gasteiger partial charge in [0.25, 0.3) is 0 Å². The van der Waals surface area contributed by atoms with Crippen molar-refractivity contribution >= 4 is 50.2 Å². The van der Waals surface area contributed by atoms with Gasteiger partial charge in [-0.25, -0.2) is 9.97 Å². The van der Waals surface area contributed by atoms with E-state index < -0.39 is 0 Å². The van der Waals surface area contributed by atoms with Crippen LogP contribution in [0.1, 0.15) is 5.56 Å². The number of carbonyl (C=O) groups excluding carboxylic acids is 1. The number of hydrogen-bond acceptors (Lipinski definition) is 4. The van der Waals surface area contributed by atoms with Gasteiger partial charge in [-0.2, -0.15) is 0 Å². The maximum Gasteiger partial charge on any atom is 0.234 e. The molecule has 0 saturated carbocycles. The average Bonchev–Trinajstić information content (AvgIpc) is 2.55. The number of rotatable bonds is 4. The molecule has 1 N–H and O–H groups in total. The van der Waals surface area contributed by atoms with Crippen LogP contribution in [0.5, 0.6) is 0 Å². The normalized spacial score (nSPS) is 10.7. The van der Waals surface area contributed by atoms with Gasteiger partial charge < -0.3 is 5.32 Å². The number of nitrogens with one attached hydrogen (secondary N) is 1. The molecular formula is C17H14BrN3OS. The topological polar surface area (TPSA) is 54.9 Å². The molecule has 3 aromatic rings. The third-order valence-electron chi connectivity index (χ3n) is 3.31. The Morgan fingerprint density at radius 1 is 1.22 bits per heavy atom. The van der Waals surface area contributed by atoms with Gasteiger partial charge in [0.05, 0.1) is 11.3 Å². The molecule has 0 atom stereocenters. The van der Waals surface area contributed by atoms with Crippen molar-refractivity contribution in [3.8, 4) is 0 Å². The number of amides is 1. The number of aromatic nitrogens is 2. The van der Waals surface area contributed by atoms with Crippen molar-refractivity contribution in [2.75, 3.05) is 11.1 Å². The van der Waals surface area contributed by atoms with Gasteiger partial charge in [0, 0.05) is 15.5 Å². The molecule has 1 amide bonds. The summed E-state index contributed by atoms with van der Waals surface area (Å²) in [6, 6.07) is 13.6. The van der Waals surface area contributed by atoms with Crippen molar-refractivity contribution in [3.05, 3.63) is 58.8 Å². The second-order valence-corrected chi connectivity index (χ2v) is 6.87. The molecule has 0 fully saturated rings. The first-order valence-electron chi connectivity index (χ1n) is 7.02. The fourth-order valence-electron chi connectivity index (χ4n) is 2.18. The van der Waals surface area contributed by atoms with Crippen molar-refractivity contribution < 1.29 is 4.79 Å². The third kappa shape index (κ3) is 3.89. The van der Waals surface area contributed by atoms with Gasteiger partial charge in [0.1, 0.15) is 11.4 Å². The summed E-state index contributed by atoms with van der Waals surface area (Å²) in [5.74, 6) is 0.249. The zero-order chi connectivity index (χ0) is 16.2. The molecule has 0 aliphatic rings. The number of halogens is 1. The average molecular weight is 388 g/mol. The highest BCUT2D eigenvalue weighted by molar-refractivity contribution is 9.10. The smallest absolute Gasteiger partial charge is 0.234 e. The van der Waals surface area contributed by atoms with Crippen LogP contribution in [0.4, 0.5) is 5.69 Å². The van der Waals surface area contributed by atoms with Crippen molar-refractivity contribution in [2.45, 2.75) is 11.9 Å². The lowest BCUT2D eigenvalue weighted by atomic mass is 10.2. The quantitative estimate of drug-likeness (QED) is 0.531. The van der Waals surface area contributed by atoms with Crippen LogP contribution < -0.4 is 5.32 Å². The molecular weight excluding hydrogens is 374 g/mol. The first-order chi connectivity index (χ1) is 11.1. The Morgan fingerprint density at radius 2 is 2.04 bits per heavy atom. The number of benzene rings is 2. The molecule has 2 aromatic carbocycles. The summed E-state index contributed by atoms with van der Waals surface area (Å²) in [4.78, 5) is 20.7. The molecule has 6 heteroatoms. The molecule has 1 heterocycles. The maximum atomic E-state index is 12.2. The van der Waals surface area contributed by atoms with Crippen LogP contribution in [0.2, 0.25) is 0 Å². The minimum Gasteiger partial charge on any atom is -0.325 e. The first-order valence-corrected chi connectivity index (χ1v) is 8.80. The molecule has 0 unspecified atom stereocenters.